The largest absolute Gasteiger partial charge is 0.444 e. The molecule has 2 bridgehead atoms. The Labute approximate surface area is 258 Å². The Hall–Kier alpha value is -3.87. The zero-order valence-electron chi connectivity index (χ0n) is 26.5. The first-order valence-electron chi connectivity index (χ1n) is 15.3. The van der Waals surface area contributed by atoms with Crippen LogP contribution in [0.4, 0.5) is 14.4 Å². The van der Waals surface area contributed by atoms with E-state index in [2.05, 4.69) is 10.2 Å². The minimum absolute atomic E-state index is 0.0425. The second-order valence-electron chi connectivity index (χ2n) is 13.6. The molecule has 13 heteroatoms. The Kier molecular flexibility index (Phi) is 9.05. The SMILES string of the molecule is CC(C)(C)OC(=O)N1CCC(N(Cc2nnc([C@@H]3CC[C@@H]4CN3C(=O)N4OCc3ccccc3)o2)C(=O)OC(C)(C)C)CC1. The third kappa shape index (κ3) is 7.61. The number of fused-ring (bicyclic) bond motifs is 2. The fourth-order valence-corrected chi connectivity index (χ4v) is 5.73. The predicted molar refractivity (Wildman–Crippen MR) is 158 cm³/mol. The number of ether oxygens (including phenoxy) is 2. The Morgan fingerprint density at radius 2 is 1.64 bits per heavy atom. The van der Waals surface area contributed by atoms with Gasteiger partial charge in [-0.1, -0.05) is 30.3 Å². The number of carbonyl (C=O) groups is 3. The van der Waals surface area contributed by atoms with E-state index < -0.39 is 17.3 Å². The van der Waals surface area contributed by atoms with Crippen LogP contribution in [-0.2, 0) is 27.5 Å². The van der Waals surface area contributed by atoms with Crippen LogP contribution in [0.1, 0.15) is 90.6 Å². The molecular weight excluding hydrogens is 568 g/mol. The predicted octanol–water partition coefficient (Wildman–Crippen LogP) is 5.28. The summed E-state index contributed by atoms with van der Waals surface area (Å²) in [7, 11) is 0. The fourth-order valence-electron chi connectivity index (χ4n) is 5.73. The molecule has 2 aromatic rings. The van der Waals surface area contributed by atoms with Crippen LogP contribution in [0.15, 0.2) is 34.7 Å². The molecule has 4 amide bonds. The van der Waals surface area contributed by atoms with Crippen molar-refractivity contribution in [1.82, 2.24) is 30.0 Å². The highest BCUT2D eigenvalue weighted by Gasteiger charge is 2.48. The normalized spacial score (nSPS) is 21.0. The molecule has 5 rings (SSSR count). The highest BCUT2D eigenvalue weighted by Crippen LogP contribution is 2.38. The molecule has 3 fully saturated rings. The highest BCUT2D eigenvalue weighted by atomic mass is 16.7. The number of nitrogens with zero attached hydrogens (tertiary/aromatic N) is 6. The van der Waals surface area contributed by atoms with Gasteiger partial charge in [-0.3, -0.25) is 9.74 Å². The van der Waals surface area contributed by atoms with E-state index >= 15 is 0 Å². The highest BCUT2D eigenvalue weighted by molar-refractivity contribution is 5.77. The van der Waals surface area contributed by atoms with Crippen LogP contribution in [0.25, 0.3) is 0 Å². The average molecular weight is 613 g/mol. The van der Waals surface area contributed by atoms with Crippen LogP contribution in [0.2, 0.25) is 0 Å². The number of aromatic nitrogens is 2. The molecule has 0 aliphatic carbocycles. The molecule has 0 saturated carbocycles. The number of hydrogen-bond acceptors (Lipinski definition) is 9. The first-order valence-corrected chi connectivity index (χ1v) is 15.3. The maximum absolute atomic E-state index is 13.4. The van der Waals surface area contributed by atoms with Crippen molar-refractivity contribution in [2.45, 2.75) is 110 Å². The topological polar surface area (TPSA) is 131 Å². The van der Waals surface area contributed by atoms with Gasteiger partial charge in [0.1, 0.15) is 30.4 Å². The number of hydrogen-bond donors (Lipinski definition) is 0. The van der Waals surface area contributed by atoms with E-state index in [4.69, 9.17) is 18.7 Å². The van der Waals surface area contributed by atoms with Crippen LogP contribution >= 0.6 is 0 Å². The summed E-state index contributed by atoms with van der Waals surface area (Å²) >= 11 is 0. The molecule has 1 aromatic heterocycles. The summed E-state index contributed by atoms with van der Waals surface area (Å²) in [5.74, 6) is 0.590. The number of urea groups is 1. The van der Waals surface area contributed by atoms with Crippen molar-refractivity contribution >= 4 is 18.2 Å². The number of rotatable bonds is 7. The minimum Gasteiger partial charge on any atom is -0.444 e. The van der Waals surface area contributed by atoms with Crippen LogP contribution < -0.4 is 0 Å². The van der Waals surface area contributed by atoms with Gasteiger partial charge in [0.15, 0.2) is 0 Å². The molecule has 44 heavy (non-hydrogen) atoms. The van der Waals surface area contributed by atoms with E-state index in [1.165, 1.54) is 5.06 Å². The molecule has 0 unspecified atom stereocenters. The average Bonchev–Trinajstić information content (AvgIpc) is 3.52. The van der Waals surface area contributed by atoms with Crippen molar-refractivity contribution in [3.63, 3.8) is 0 Å². The van der Waals surface area contributed by atoms with Crippen LogP contribution in [-0.4, -0.2) is 91.1 Å². The van der Waals surface area contributed by atoms with Crippen molar-refractivity contribution in [3.05, 3.63) is 47.7 Å². The minimum atomic E-state index is -0.699. The second kappa shape index (κ2) is 12.6. The van der Waals surface area contributed by atoms with Crippen molar-refractivity contribution in [3.8, 4) is 0 Å². The molecule has 13 nitrogen and oxygen atoms in total. The summed E-state index contributed by atoms with van der Waals surface area (Å²) < 4.78 is 17.3. The maximum atomic E-state index is 13.4. The lowest BCUT2D eigenvalue weighted by Gasteiger charge is -2.38. The van der Waals surface area contributed by atoms with Gasteiger partial charge in [0.2, 0.25) is 11.8 Å². The van der Waals surface area contributed by atoms with E-state index in [1.807, 2.05) is 71.9 Å². The summed E-state index contributed by atoms with van der Waals surface area (Å²) in [6.45, 7) is 12.7. The summed E-state index contributed by atoms with van der Waals surface area (Å²) in [5.41, 5.74) is -0.297. The standard InChI is InChI=1S/C31H44N6O7/c1-30(2,3)43-28(39)34-16-14-22(15-17-34)35(29(40)44-31(4,5)6)19-25-32-33-26(42-25)24-13-12-23-18-36(24)27(38)37(23)41-20-21-10-8-7-9-11-21/h7-11,22-24H,12-20H2,1-6H3/t23-,24+/m1/s1. The van der Waals surface area contributed by atoms with E-state index in [9.17, 15) is 14.4 Å². The van der Waals surface area contributed by atoms with Crippen LogP contribution in [0.5, 0.6) is 0 Å². The van der Waals surface area contributed by atoms with Crippen LogP contribution in [0, 0.1) is 0 Å². The van der Waals surface area contributed by atoms with E-state index in [1.54, 1.807) is 14.7 Å². The summed E-state index contributed by atoms with van der Waals surface area (Å²) in [5, 5.41) is 10.0. The zero-order chi connectivity index (χ0) is 31.6. The fraction of sp³-hybridized carbons (Fsp3) is 0.645. The quantitative estimate of drug-likeness (QED) is 0.410. The molecule has 240 valence electrons. The third-order valence-corrected chi connectivity index (χ3v) is 7.79. The molecule has 4 heterocycles. The lowest BCUT2D eigenvalue weighted by Crippen LogP contribution is -2.50. The molecular formula is C31H44N6O7. The molecule has 0 radical (unpaired) electrons. The summed E-state index contributed by atoms with van der Waals surface area (Å²) in [6.07, 6.45) is 1.63. The van der Waals surface area contributed by atoms with E-state index in [0.717, 1.165) is 12.0 Å². The third-order valence-electron chi connectivity index (χ3n) is 7.79. The molecule has 0 N–H and O–H groups in total. The number of hydroxylamine groups is 2. The number of carbonyl (C=O) groups excluding carboxylic acids is 3. The number of piperidine rings is 2. The Morgan fingerprint density at radius 3 is 2.30 bits per heavy atom. The lowest BCUT2D eigenvalue weighted by atomic mass is 10.0. The number of amides is 4. The van der Waals surface area contributed by atoms with Gasteiger partial charge in [-0.15, -0.1) is 10.2 Å². The molecule has 0 spiro atoms. The molecule has 1 aromatic carbocycles. The van der Waals surface area contributed by atoms with Gasteiger partial charge in [-0.05, 0) is 72.8 Å². The van der Waals surface area contributed by atoms with Crippen LogP contribution in [0.3, 0.4) is 0 Å². The number of likely N-dealkylation sites (tertiary alicyclic amines) is 1. The Morgan fingerprint density at radius 1 is 0.955 bits per heavy atom. The van der Waals surface area contributed by atoms with Gasteiger partial charge >= 0.3 is 18.2 Å². The van der Waals surface area contributed by atoms with Crippen molar-refractivity contribution in [2.24, 2.45) is 0 Å². The summed E-state index contributed by atoms with van der Waals surface area (Å²) in [6, 6.07) is 8.89. The van der Waals surface area contributed by atoms with E-state index in [-0.39, 0.29) is 42.7 Å². The van der Waals surface area contributed by atoms with Crippen molar-refractivity contribution in [1.29, 1.82) is 0 Å². The van der Waals surface area contributed by atoms with Gasteiger partial charge < -0.3 is 23.7 Å². The van der Waals surface area contributed by atoms with Gasteiger partial charge in [0.25, 0.3) is 0 Å². The van der Waals surface area contributed by atoms with E-state index in [0.29, 0.717) is 51.4 Å². The lowest BCUT2D eigenvalue weighted by molar-refractivity contribution is -0.140. The second-order valence-corrected chi connectivity index (χ2v) is 13.6. The van der Waals surface area contributed by atoms with Gasteiger partial charge in [0, 0.05) is 25.7 Å². The van der Waals surface area contributed by atoms with Crippen molar-refractivity contribution in [2.75, 3.05) is 19.6 Å². The molecule has 3 saturated heterocycles. The molecule has 3 aliphatic heterocycles. The van der Waals surface area contributed by atoms with Gasteiger partial charge in [-0.25, -0.2) is 14.4 Å². The van der Waals surface area contributed by atoms with Gasteiger partial charge in [-0.2, -0.15) is 5.06 Å². The zero-order valence-corrected chi connectivity index (χ0v) is 26.5. The monoisotopic (exact) mass is 612 g/mol. The molecule has 2 atom stereocenters. The maximum Gasteiger partial charge on any atom is 0.411 e. The Bertz CT molecular complexity index is 1310. The first-order chi connectivity index (χ1) is 20.8. The summed E-state index contributed by atoms with van der Waals surface area (Å²) in [4.78, 5) is 50.1. The Balaban J connectivity index is 1.24. The molecule has 3 aliphatic rings. The first kappa shape index (κ1) is 31.6. The smallest absolute Gasteiger partial charge is 0.411 e. The van der Waals surface area contributed by atoms with Gasteiger partial charge in [0.05, 0.1) is 6.04 Å². The number of benzene rings is 1. The van der Waals surface area contributed by atoms with Crippen molar-refractivity contribution < 1.29 is 33.1 Å².